The molecule has 1 unspecified atom stereocenters. The number of carbonyl (C=O) groups is 1. The summed E-state index contributed by atoms with van der Waals surface area (Å²) in [6.07, 6.45) is 9.06. The zero-order valence-electron chi connectivity index (χ0n) is 15.3. The molecule has 2 aliphatic carbocycles. The van der Waals surface area contributed by atoms with Crippen LogP contribution in [-0.2, 0) is 12.8 Å². The minimum atomic E-state index is -0.121. The number of aryl methyl sites for hydroxylation is 2. The Kier molecular flexibility index (Phi) is 3.85. The summed E-state index contributed by atoms with van der Waals surface area (Å²) in [6, 6.07) is 6.35. The Morgan fingerprint density at radius 3 is 3.00 bits per heavy atom. The monoisotopic (exact) mass is 362 g/mol. The number of hydrogen-bond donors (Lipinski definition) is 2. The molecular formula is C21H22N4O2. The molecule has 2 N–H and O–H groups in total. The second kappa shape index (κ2) is 6.37. The van der Waals surface area contributed by atoms with Crippen molar-refractivity contribution in [1.29, 1.82) is 0 Å². The lowest BCUT2D eigenvalue weighted by Gasteiger charge is -2.12. The zero-order chi connectivity index (χ0) is 18.4. The molecule has 2 heterocycles. The number of amides is 1. The number of fused-ring (bicyclic) bond motifs is 2. The van der Waals surface area contributed by atoms with Crippen LogP contribution in [0.4, 0.5) is 0 Å². The van der Waals surface area contributed by atoms with Crippen LogP contribution >= 0.6 is 0 Å². The third kappa shape index (κ3) is 3.16. The van der Waals surface area contributed by atoms with E-state index in [0.29, 0.717) is 28.5 Å². The molecule has 6 heteroatoms. The first-order chi connectivity index (χ1) is 13.2. The Balaban J connectivity index is 1.40. The van der Waals surface area contributed by atoms with Crippen LogP contribution in [0, 0.1) is 5.92 Å². The molecule has 1 saturated carbocycles. The zero-order valence-corrected chi connectivity index (χ0v) is 15.3. The van der Waals surface area contributed by atoms with E-state index in [0.717, 1.165) is 18.6 Å². The van der Waals surface area contributed by atoms with Gasteiger partial charge in [0.2, 0.25) is 5.88 Å². The van der Waals surface area contributed by atoms with E-state index < -0.39 is 0 Å². The average Bonchev–Trinajstić information content (AvgIpc) is 3.27. The van der Waals surface area contributed by atoms with Crippen LogP contribution in [-0.4, -0.2) is 26.9 Å². The molecule has 6 nitrogen and oxygen atoms in total. The van der Waals surface area contributed by atoms with Crippen LogP contribution in [0.1, 0.15) is 47.7 Å². The van der Waals surface area contributed by atoms with Crippen molar-refractivity contribution in [3.8, 4) is 11.6 Å². The number of rotatable bonds is 5. The van der Waals surface area contributed by atoms with Gasteiger partial charge in [-0.3, -0.25) is 4.79 Å². The number of H-pyrrole nitrogens is 1. The van der Waals surface area contributed by atoms with Crippen molar-refractivity contribution in [2.45, 2.75) is 45.1 Å². The fourth-order valence-electron chi connectivity index (χ4n) is 3.83. The number of aromatic amines is 1. The molecule has 0 saturated heterocycles. The SMILES string of the molecule is CC(NC(=O)c1c[nH]c2ncc(Oc3ccc4c(c3)CCC4)nc12)C1CC1. The van der Waals surface area contributed by atoms with Crippen molar-refractivity contribution < 1.29 is 9.53 Å². The van der Waals surface area contributed by atoms with Crippen molar-refractivity contribution in [3.05, 3.63) is 47.3 Å². The molecule has 0 bridgehead atoms. The molecule has 0 radical (unpaired) electrons. The van der Waals surface area contributed by atoms with Crippen LogP contribution < -0.4 is 10.1 Å². The third-order valence-electron chi connectivity index (χ3n) is 5.58. The van der Waals surface area contributed by atoms with Crippen molar-refractivity contribution in [2.75, 3.05) is 0 Å². The summed E-state index contributed by atoms with van der Waals surface area (Å²) in [5.74, 6) is 1.63. The van der Waals surface area contributed by atoms with Gasteiger partial charge >= 0.3 is 0 Å². The van der Waals surface area contributed by atoms with Gasteiger partial charge in [0.25, 0.3) is 5.91 Å². The van der Waals surface area contributed by atoms with E-state index in [9.17, 15) is 4.79 Å². The fraction of sp³-hybridized carbons (Fsp3) is 0.381. The molecule has 1 amide bonds. The third-order valence-corrected chi connectivity index (χ3v) is 5.58. The molecule has 1 aromatic carbocycles. The largest absolute Gasteiger partial charge is 0.437 e. The van der Waals surface area contributed by atoms with Crippen molar-refractivity contribution >= 4 is 17.1 Å². The lowest BCUT2D eigenvalue weighted by molar-refractivity contribution is 0.0937. The highest BCUT2D eigenvalue weighted by molar-refractivity contribution is 6.04. The molecule has 1 fully saturated rings. The molecule has 2 aromatic heterocycles. The number of aromatic nitrogens is 3. The van der Waals surface area contributed by atoms with Gasteiger partial charge < -0.3 is 15.0 Å². The Morgan fingerprint density at radius 2 is 2.15 bits per heavy atom. The topological polar surface area (TPSA) is 79.9 Å². The van der Waals surface area contributed by atoms with Crippen molar-refractivity contribution in [1.82, 2.24) is 20.3 Å². The molecule has 5 rings (SSSR count). The van der Waals surface area contributed by atoms with Gasteiger partial charge in [-0.05, 0) is 68.2 Å². The molecule has 1 atom stereocenters. The van der Waals surface area contributed by atoms with Gasteiger partial charge in [0.05, 0.1) is 11.8 Å². The van der Waals surface area contributed by atoms with Crippen LogP contribution in [0.2, 0.25) is 0 Å². The lowest BCUT2D eigenvalue weighted by Crippen LogP contribution is -2.33. The number of nitrogens with zero attached hydrogens (tertiary/aromatic N) is 2. The van der Waals surface area contributed by atoms with Gasteiger partial charge in [-0.15, -0.1) is 0 Å². The second-order valence-corrected chi connectivity index (χ2v) is 7.59. The molecule has 27 heavy (non-hydrogen) atoms. The van der Waals surface area contributed by atoms with Crippen LogP contribution in [0.5, 0.6) is 11.6 Å². The average molecular weight is 362 g/mol. The predicted molar refractivity (Wildman–Crippen MR) is 102 cm³/mol. The summed E-state index contributed by atoms with van der Waals surface area (Å²) in [4.78, 5) is 24.5. The van der Waals surface area contributed by atoms with Gasteiger partial charge in [-0.1, -0.05) is 6.07 Å². The predicted octanol–water partition coefficient (Wildman–Crippen LogP) is 3.77. The highest BCUT2D eigenvalue weighted by Crippen LogP contribution is 2.33. The number of carbonyl (C=O) groups excluding carboxylic acids is 1. The Morgan fingerprint density at radius 1 is 1.30 bits per heavy atom. The number of ether oxygens (including phenoxy) is 1. The summed E-state index contributed by atoms with van der Waals surface area (Å²) < 4.78 is 5.93. The normalized spacial score (nSPS) is 16.9. The van der Waals surface area contributed by atoms with Gasteiger partial charge in [0, 0.05) is 12.2 Å². The standard InChI is InChI=1S/C21H22N4O2/c1-12(13-5-6-13)24-21(26)17-10-22-20-19(17)25-18(11-23-20)27-16-8-7-14-3-2-4-15(14)9-16/h7-13H,2-6H2,1H3,(H,22,23)(H,24,26). The minimum absolute atomic E-state index is 0.121. The highest BCUT2D eigenvalue weighted by atomic mass is 16.5. The van der Waals surface area contributed by atoms with Crippen LogP contribution in [0.3, 0.4) is 0 Å². The Bertz CT molecular complexity index is 1020. The summed E-state index contributed by atoms with van der Waals surface area (Å²) in [7, 11) is 0. The van der Waals surface area contributed by atoms with Gasteiger partial charge in [-0.2, -0.15) is 0 Å². The Labute approximate surface area is 157 Å². The van der Waals surface area contributed by atoms with Gasteiger partial charge in [0.1, 0.15) is 11.3 Å². The molecule has 3 aromatic rings. The second-order valence-electron chi connectivity index (χ2n) is 7.59. The smallest absolute Gasteiger partial charge is 0.255 e. The molecule has 138 valence electrons. The first-order valence-electron chi connectivity index (χ1n) is 9.62. The van der Waals surface area contributed by atoms with E-state index in [4.69, 9.17) is 4.74 Å². The minimum Gasteiger partial charge on any atom is -0.437 e. The summed E-state index contributed by atoms with van der Waals surface area (Å²) in [5, 5.41) is 3.07. The van der Waals surface area contributed by atoms with E-state index in [1.54, 1.807) is 12.4 Å². The molecule has 0 spiro atoms. The van der Waals surface area contributed by atoms with E-state index in [1.807, 2.05) is 6.07 Å². The van der Waals surface area contributed by atoms with Gasteiger partial charge in [0.15, 0.2) is 5.65 Å². The molecule has 0 aliphatic heterocycles. The number of hydrogen-bond acceptors (Lipinski definition) is 4. The summed E-state index contributed by atoms with van der Waals surface area (Å²) >= 11 is 0. The lowest BCUT2D eigenvalue weighted by atomic mass is 10.1. The van der Waals surface area contributed by atoms with Crippen LogP contribution in [0.25, 0.3) is 11.2 Å². The quantitative estimate of drug-likeness (QED) is 0.724. The van der Waals surface area contributed by atoms with E-state index in [1.165, 1.54) is 30.4 Å². The summed E-state index contributed by atoms with van der Waals surface area (Å²) in [6.45, 7) is 2.05. The van der Waals surface area contributed by atoms with Gasteiger partial charge in [-0.25, -0.2) is 9.97 Å². The maximum Gasteiger partial charge on any atom is 0.255 e. The molecular weight excluding hydrogens is 340 g/mol. The number of benzene rings is 1. The Hall–Kier alpha value is -2.89. The van der Waals surface area contributed by atoms with E-state index in [2.05, 4.69) is 39.3 Å². The maximum absolute atomic E-state index is 12.6. The first kappa shape index (κ1) is 16.3. The van der Waals surface area contributed by atoms with E-state index in [-0.39, 0.29) is 11.9 Å². The number of nitrogens with one attached hydrogen (secondary N) is 2. The van der Waals surface area contributed by atoms with Crippen molar-refractivity contribution in [3.63, 3.8) is 0 Å². The highest BCUT2D eigenvalue weighted by Gasteiger charge is 2.29. The summed E-state index contributed by atoms with van der Waals surface area (Å²) in [5.41, 5.74) is 4.37. The molecule has 2 aliphatic rings. The first-order valence-corrected chi connectivity index (χ1v) is 9.62. The van der Waals surface area contributed by atoms with Crippen LogP contribution in [0.15, 0.2) is 30.6 Å². The van der Waals surface area contributed by atoms with E-state index >= 15 is 0 Å². The fourth-order valence-corrected chi connectivity index (χ4v) is 3.83. The van der Waals surface area contributed by atoms with Crippen molar-refractivity contribution in [2.24, 2.45) is 5.92 Å². The maximum atomic E-state index is 12.6.